The van der Waals surface area contributed by atoms with Crippen LogP contribution >= 0.6 is 11.6 Å². The Hall–Kier alpha value is -1.12. The molecule has 1 aromatic carbocycles. The number of benzene rings is 1. The van der Waals surface area contributed by atoms with Crippen molar-refractivity contribution in [1.82, 2.24) is 4.98 Å². The van der Waals surface area contributed by atoms with Crippen molar-refractivity contribution >= 4 is 22.5 Å². The molecule has 0 saturated heterocycles. The van der Waals surface area contributed by atoms with Gasteiger partial charge in [0.1, 0.15) is 5.15 Å². The number of aromatic nitrogens is 1. The van der Waals surface area contributed by atoms with Gasteiger partial charge in [-0.3, -0.25) is 0 Å². The first-order chi connectivity index (χ1) is 8.13. The first-order valence-electron chi connectivity index (χ1n) is 5.94. The smallest absolute Gasteiger partial charge is 0.134 e. The second-order valence-corrected chi connectivity index (χ2v) is 4.83. The Morgan fingerprint density at radius 2 is 2.06 bits per heavy atom. The van der Waals surface area contributed by atoms with Gasteiger partial charge in [0, 0.05) is 17.0 Å². The molecule has 2 rings (SSSR count). The zero-order valence-corrected chi connectivity index (χ0v) is 10.9. The minimum atomic E-state index is -0.0513. The lowest BCUT2D eigenvalue weighted by molar-refractivity contribution is 0.456. The van der Waals surface area contributed by atoms with Gasteiger partial charge in [-0.1, -0.05) is 50.1 Å². The standard InChI is InChI=1S/C14H17ClN2/c1-3-9(2)13(16)11-8-10-6-4-5-7-12(10)17-14(11)15/h4-9,13H,3,16H2,1-2H3/t9?,13-/m1/s1. The fraction of sp³-hybridized carbons (Fsp3) is 0.357. The second kappa shape index (κ2) is 5.03. The number of halogens is 1. The van der Waals surface area contributed by atoms with E-state index in [2.05, 4.69) is 24.9 Å². The number of fused-ring (bicyclic) bond motifs is 1. The van der Waals surface area contributed by atoms with E-state index in [1.165, 1.54) is 0 Å². The zero-order valence-electron chi connectivity index (χ0n) is 10.2. The summed E-state index contributed by atoms with van der Waals surface area (Å²) in [6.07, 6.45) is 1.03. The van der Waals surface area contributed by atoms with Crippen molar-refractivity contribution in [1.29, 1.82) is 0 Å². The number of nitrogens with zero attached hydrogens (tertiary/aromatic N) is 1. The van der Waals surface area contributed by atoms with E-state index in [4.69, 9.17) is 17.3 Å². The van der Waals surface area contributed by atoms with Crippen LogP contribution in [0.5, 0.6) is 0 Å². The highest BCUT2D eigenvalue weighted by atomic mass is 35.5. The number of para-hydroxylation sites is 1. The Balaban J connectivity index is 2.50. The van der Waals surface area contributed by atoms with Crippen LogP contribution in [0.15, 0.2) is 30.3 Å². The Morgan fingerprint density at radius 1 is 1.35 bits per heavy atom. The summed E-state index contributed by atoms with van der Waals surface area (Å²) in [5, 5.41) is 1.61. The highest BCUT2D eigenvalue weighted by Crippen LogP contribution is 2.29. The molecule has 0 spiro atoms. The third-order valence-electron chi connectivity index (χ3n) is 3.32. The molecule has 0 aliphatic rings. The Labute approximate surface area is 107 Å². The van der Waals surface area contributed by atoms with E-state index in [0.29, 0.717) is 11.1 Å². The van der Waals surface area contributed by atoms with E-state index in [-0.39, 0.29) is 6.04 Å². The van der Waals surface area contributed by atoms with E-state index < -0.39 is 0 Å². The molecular weight excluding hydrogens is 232 g/mol. The van der Waals surface area contributed by atoms with Crippen LogP contribution in [0.1, 0.15) is 31.9 Å². The first kappa shape index (κ1) is 12.3. The van der Waals surface area contributed by atoms with E-state index in [9.17, 15) is 0 Å². The van der Waals surface area contributed by atoms with Crippen molar-refractivity contribution in [2.24, 2.45) is 11.7 Å². The second-order valence-electron chi connectivity index (χ2n) is 4.47. The third kappa shape index (κ3) is 2.43. The van der Waals surface area contributed by atoms with Crippen molar-refractivity contribution in [3.8, 4) is 0 Å². The molecule has 0 amide bonds. The maximum absolute atomic E-state index is 6.22. The van der Waals surface area contributed by atoms with E-state index in [1.807, 2.05) is 24.3 Å². The highest BCUT2D eigenvalue weighted by molar-refractivity contribution is 6.30. The molecule has 0 aliphatic heterocycles. The molecule has 0 fully saturated rings. The molecule has 2 atom stereocenters. The number of hydrogen-bond donors (Lipinski definition) is 1. The van der Waals surface area contributed by atoms with Crippen molar-refractivity contribution in [3.05, 3.63) is 41.0 Å². The maximum Gasteiger partial charge on any atom is 0.134 e. The summed E-state index contributed by atoms with van der Waals surface area (Å²) >= 11 is 6.21. The van der Waals surface area contributed by atoms with E-state index in [1.54, 1.807) is 0 Å². The van der Waals surface area contributed by atoms with Crippen LogP contribution in [-0.2, 0) is 0 Å². The van der Waals surface area contributed by atoms with Gasteiger partial charge in [0.25, 0.3) is 0 Å². The summed E-state index contributed by atoms with van der Waals surface area (Å²) in [4.78, 5) is 4.40. The zero-order chi connectivity index (χ0) is 12.4. The normalized spacial score (nSPS) is 14.8. The molecule has 1 unspecified atom stereocenters. The molecule has 1 aromatic heterocycles. The number of hydrogen-bond acceptors (Lipinski definition) is 2. The molecule has 1 heterocycles. The molecule has 0 bridgehead atoms. The summed E-state index contributed by atoms with van der Waals surface area (Å²) < 4.78 is 0. The third-order valence-corrected chi connectivity index (χ3v) is 3.62. The summed E-state index contributed by atoms with van der Waals surface area (Å²) in [6.45, 7) is 4.27. The summed E-state index contributed by atoms with van der Waals surface area (Å²) in [6, 6.07) is 9.95. The summed E-state index contributed by atoms with van der Waals surface area (Å²) in [5.41, 5.74) is 8.08. The Kier molecular flexibility index (Phi) is 3.65. The highest BCUT2D eigenvalue weighted by Gasteiger charge is 2.17. The molecule has 90 valence electrons. The molecule has 2 N–H and O–H groups in total. The van der Waals surface area contributed by atoms with Gasteiger partial charge < -0.3 is 5.73 Å². The van der Waals surface area contributed by atoms with Crippen molar-refractivity contribution in [2.75, 3.05) is 0 Å². The number of nitrogens with two attached hydrogens (primary N) is 1. The van der Waals surface area contributed by atoms with Crippen LogP contribution < -0.4 is 5.73 Å². The quantitative estimate of drug-likeness (QED) is 0.836. The van der Waals surface area contributed by atoms with Crippen LogP contribution in [0.25, 0.3) is 10.9 Å². The summed E-state index contributed by atoms with van der Waals surface area (Å²) in [5.74, 6) is 0.399. The molecule has 0 saturated carbocycles. The molecule has 0 radical (unpaired) electrons. The predicted octanol–water partition coefficient (Wildman–Crippen LogP) is 3.93. The number of rotatable bonds is 3. The molecule has 3 heteroatoms. The van der Waals surface area contributed by atoms with Crippen molar-refractivity contribution < 1.29 is 0 Å². The average molecular weight is 249 g/mol. The monoisotopic (exact) mass is 248 g/mol. The van der Waals surface area contributed by atoms with Crippen LogP contribution in [0.4, 0.5) is 0 Å². The first-order valence-corrected chi connectivity index (χ1v) is 6.32. The van der Waals surface area contributed by atoms with Gasteiger partial charge in [0.15, 0.2) is 0 Å². The largest absolute Gasteiger partial charge is 0.324 e. The topological polar surface area (TPSA) is 38.9 Å². The average Bonchev–Trinajstić information content (AvgIpc) is 2.36. The minimum Gasteiger partial charge on any atom is -0.324 e. The number of pyridine rings is 1. The molecule has 0 aliphatic carbocycles. The fourth-order valence-electron chi connectivity index (χ4n) is 1.90. The van der Waals surface area contributed by atoms with E-state index in [0.717, 1.165) is 22.9 Å². The van der Waals surface area contributed by atoms with Gasteiger partial charge in [0.05, 0.1) is 5.52 Å². The van der Waals surface area contributed by atoms with Gasteiger partial charge in [-0.15, -0.1) is 0 Å². The van der Waals surface area contributed by atoms with Crippen molar-refractivity contribution in [3.63, 3.8) is 0 Å². The lowest BCUT2D eigenvalue weighted by Crippen LogP contribution is -2.19. The predicted molar refractivity (Wildman–Crippen MR) is 73.1 cm³/mol. The van der Waals surface area contributed by atoms with Crippen LogP contribution in [0.3, 0.4) is 0 Å². The lowest BCUT2D eigenvalue weighted by Gasteiger charge is -2.19. The minimum absolute atomic E-state index is 0.0513. The van der Waals surface area contributed by atoms with Crippen LogP contribution in [0.2, 0.25) is 5.15 Å². The van der Waals surface area contributed by atoms with Crippen LogP contribution in [-0.4, -0.2) is 4.98 Å². The molecule has 2 nitrogen and oxygen atoms in total. The Bertz CT molecular complexity index is 525. The molecule has 17 heavy (non-hydrogen) atoms. The Morgan fingerprint density at radius 3 is 2.76 bits per heavy atom. The van der Waals surface area contributed by atoms with Gasteiger partial charge >= 0.3 is 0 Å². The molecular formula is C14H17ClN2. The fourth-order valence-corrected chi connectivity index (χ4v) is 2.17. The van der Waals surface area contributed by atoms with Gasteiger partial charge in [-0.05, 0) is 18.1 Å². The maximum atomic E-state index is 6.22. The van der Waals surface area contributed by atoms with Crippen LogP contribution in [0, 0.1) is 5.92 Å². The lowest BCUT2D eigenvalue weighted by atomic mass is 9.93. The molecule has 2 aromatic rings. The summed E-state index contributed by atoms with van der Waals surface area (Å²) in [7, 11) is 0. The van der Waals surface area contributed by atoms with Crippen molar-refractivity contribution in [2.45, 2.75) is 26.3 Å². The van der Waals surface area contributed by atoms with Gasteiger partial charge in [-0.2, -0.15) is 0 Å². The van der Waals surface area contributed by atoms with E-state index >= 15 is 0 Å². The SMILES string of the molecule is CCC(C)[C@@H](N)c1cc2ccccc2nc1Cl. The van der Waals surface area contributed by atoms with Gasteiger partial charge in [0.2, 0.25) is 0 Å². The van der Waals surface area contributed by atoms with Gasteiger partial charge in [-0.25, -0.2) is 4.98 Å².